The number of nitrogens with one attached hydrogen (secondary N) is 1. The molecule has 0 aliphatic rings. The quantitative estimate of drug-likeness (QED) is 0.895. The third-order valence-electron chi connectivity index (χ3n) is 3.48. The molecule has 2 rings (SSSR count). The van der Waals surface area contributed by atoms with Crippen molar-refractivity contribution in [3.63, 3.8) is 0 Å². The highest BCUT2D eigenvalue weighted by molar-refractivity contribution is 5.98. The minimum Gasteiger partial charge on any atom is -0.326 e. The van der Waals surface area contributed by atoms with Gasteiger partial charge >= 0.3 is 0 Å². The summed E-state index contributed by atoms with van der Waals surface area (Å²) < 4.78 is 0. The van der Waals surface area contributed by atoms with Gasteiger partial charge in [0.2, 0.25) is 5.91 Å². The highest BCUT2D eigenvalue weighted by Crippen LogP contribution is 2.25. The van der Waals surface area contributed by atoms with Crippen LogP contribution in [-0.2, 0) is 16.8 Å². The van der Waals surface area contributed by atoms with Crippen LogP contribution in [0.3, 0.4) is 0 Å². The molecule has 3 N–H and O–H groups in total. The molecule has 2 aromatic rings. The van der Waals surface area contributed by atoms with Gasteiger partial charge in [-0.25, -0.2) is 0 Å². The molecule has 20 heavy (non-hydrogen) atoms. The van der Waals surface area contributed by atoms with E-state index in [0.29, 0.717) is 6.54 Å². The van der Waals surface area contributed by atoms with Crippen LogP contribution < -0.4 is 11.1 Å². The van der Waals surface area contributed by atoms with Crippen LogP contribution in [0.25, 0.3) is 0 Å². The largest absolute Gasteiger partial charge is 0.326 e. The zero-order chi connectivity index (χ0) is 14.6. The molecular formula is C17H20N2O. The second kappa shape index (κ2) is 5.88. The van der Waals surface area contributed by atoms with E-state index in [1.165, 1.54) is 0 Å². The molecule has 0 aliphatic heterocycles. The van der Waals surface area contributed by atoms with Crippen molar-refractivity contribution in [2.75, 3.05) is 5.32 Å². The molecular weight excluding hydrogens is 248 g/mol. The average Bonchev–Trinajstić information content (AvgIpc) is 2.48. The molecule has 3 nitrogen and oxygen atoms in total. The molecule has 0 radical (unpaired) electrons. The van der Waals surface area contributed by atoms with Gasteiger partial charge in [0.15, 0.2) is 0 Å². The van der Waals surface area contributed by atoms with Crippen LogP contribution in [0.15, 0.2) is 54.6 Å². The van der Waals surface area contributed by atoms with Crippen molar-refractivity contribution in [3.8, 4) is 0 Å². The Kier molecular flexibility index (Phi) is 4.20. The van der Waals surface area contributed by atoms with Crippen LogP contribution in [0.4, 0.5) is 5.69 Å². The summed E-state index contributed by atoms with van der Waals surface area (Å²) in [5.74, 6) is -0.0297. The zero-order valence-corrected chi connectivity index (χ0v) is 11.9. The van der Waals surface area contributed by atoms with Gasteiger partial charge < -0.3 is 11.1 Å². The SMILES string of the molecule is CC(C)(C(=O)Nc1cccc(CN)c1)c1ccccc1. The first-order valence-electron chi connectivity index (χ1n) is 6.70. The first-order chi connectivity index (χ1) is 9.54. The summed E-state index contributed by atoms with van der Waals surface area (Å²) in [4.78, 5) is 12.5. The summed E-state index contributed by atoms with van der Waals surface area (Å²) in [7, 11) is 0. The summed E-state index contributed by atoms with van der Waals surface area (Å²) in [6.07, 6.45) is 0. The van der Waals surface area contributed by atoms with Crippen molar-refractivity contribution in [2.24, 2.45) is 5.73 Å². The molecule has 0 heterocycles. The van der Waals surface area contributed by atoms with E-state index in [4.69, 9.17) is 5.73 Å². The first-order valence-corrected chi connectivity index (χ1v) is 6.70. The summed E-state index contributed by atoms with van der Waals surface area (Å²) in [6.45, 7) is 4.31. The topological polar surface area (TPSA) is 55.1 Å². The smallest absolute Gasteiger partial charge is 0.234 e. The van der Waals surface area contributed by atoms with Crippen LogP contribution in [0.5, 0.6) is 0 Å². The maximum absolute atomic E-state index is 12.5. The molecule has 0 saturated heterocycles. The Morgan fingerprint density at radius 2 is 1.80 bits per heavy atom. The summed E-state index contributed by atoms with van der Waals surface area (Å²) in [5, 5.41) is 2.96. The van der Waals surface area contributed by atoms with Gasteiger partial charge in [-0.3, -0.25) is 4.79 Å². The van der Waals surface area contributed by atoms with Crippen molar-refractivity contribution in [2.45, 2.75) is 25.8 Å². The highest BCUT2D eigenvalue weighted by Gasteiger charge is 2.29. The summed E-state index contributed by atoms with van der Waals surface area (Å²) >= 11 is 0. The van der Waals surface area contributed by atoms with Crippen molar-refractivity contribution < 1.29 is 4.79 Å². The van der Waals surface area contributed by atoms with Crippen molar-refractivity contribution >= 4 is 11.6 Å². The van der Waals surface area contributed by atoms with Gasteiger partial charge in [0.05, 0.1) is 5.41 Å². The third kappa shape index (κ3) is 3.06. The number of hydrogen-bond acceptors (Lipinski definition) is 2. The lowest BCUT2D eigenvalue weighted by Crippen LogP contribution is -2.34. The Balaban J connectivity index is 2.19. The molecule has 0 aliphatic carbocycles. The van der Waals surface area contributed by atoms with Gasteiger partial charge in [-0.05, 0) is 37.1 Å². The molecule has 0 saturated carbocycles. The van der Waals surface area contributed by atoms with Crippen LogP contribution in [-0.4, -0.2) is 5.91 Å². The van der Waals surface area contributed by atoms with E-state index in [1.807, 2.05) is 68.4 Å². The van der Waals surface area contributed by atoms with E-state index in [0.717, 1.165) is 16.8 Å². The predicted octanol–water partition coefficient (Wildman–Crippen LogP) is 3.06. The molecule has 0 atom stereocenters. The Hall–Kier alpha value is -2.13. The Morgan fingerprint density at radius 3 is 2.45 bits per heavy atom. The monoisotopic (exact) mass is 268 g/mol. The van der Waals surface area contributed by atoms with E-state index in [2.05, 4.69) is 5.32 Å². The Morgan fingerprint density at radius 1 is 1.10 bits per heavy atom. The maximum atomic E-state index is 12.5. The zero-order valence-electron chi connectivity index (χ0n) is 11.9. The van der Waals surface area contributed by atoms with Gasteiger partial charge in [0, 0.05) is 12.2 Å². The number of amides is 1. The maximum Gasteiger partial charge on any atom is 0.234 e. The van der Waals surface area contributed by atoms with Crippen molar-refractivity contribution in [3.05, 3.63) is 65.7 Å². The highest BCUT2D eigenvalue weighted by atomic mass is 16.2. The van der Waals surface area contributed by atoms with Gasteiger partial charge in [-0.2, -0.15) is 0 Å². The third-order valence-corrected chi connectivity index (χ3v) is 3.48. The summed E-state index contributed by atoms with van der Waals surface area (Å²) in [5.41, 5.74) is 7.80. The fraction of sp³-hybridized carbons (Fsp3) is 0.235. The number of carbonyl (C=O) groups excluding carboxylic acids is 1. The van der Waals surface area contributed by atoms with Gasteiger partial charge in [0.1, 0.15) is 0 Å². The number of anilines is 1. The number of rotatable bonds is 4. The lowest BCUT2D eigenvalue weighted by Gasteiger charge is -2.24. The van der Waals surface area contributed by atoms with Crippen LogP contribution in [0.1, 0.15) is 25.0 Å². The van der Waals surface area contributed by atoms with Crippen LogP contribution >= 0.6 is 0 Å². The minimum atomic E-state index is -0.583. The normalized spacial score (nSPS) is 11.2. The van der Waals surface area contributed by atoms with E-state index >= 15 is 0 Å². The van der Waals surface area contributed by atoms with Crippen molar-refractivity contribution in [1.82, 2.24) is 0 Å². The molecule has 0 unspecified atom stereocenters. The number of nitrogens with two attached hydrogens (primary N) is 1. The average molecular weight is 268 g/mol. The molecule has 0 spiro atoms. The van der Waals surface area contributed by atoms with E-state index in [1.54, 1.807) is 0 Å². The number of carbonyl (C=O) groups is 1. The fourth-order valence-electron chi connectivity index (χ4n) is 2.05. The van der Waals surface area contributed by atoms with Crippen LogP contribution in [0.2, 0.25) is 0 Å². The molecule has 0 fully saturated rings. The predicted molar refractivity (Wildman–Crippen MR) is 82.4 cm³/mol. The number of benzene rings is 2. The first kappa shape index (κ1) is 14.3. The Labute approximate surface area is 119 Å². The lowest BCUT2D eigenvalue weighted by atomic mass is 9.83. The molecule has 1 amide bonds. The van der Waals surface area contributed by atoms with Gasteiger partial charge in [0.25, 0.3) is 0 Å². The molecule has 0 bridgehead atoms. The standard InChI is InChI=1S/C17H20N2O/c1-17(2,14-8-4-3-5-9-14)16(20)19-15-10-6-7-13(11-15)12-18/h3-11H,12,18H2,1-2H3,(H,19,20). The van der Waals surface area contributed by atoms with E-state index in [9.17, 15) is 4.79 Å². The number of hydrogen-bond donors (Lipinski definition) is 2. The Bertz CT molecular complexity index is 591. The van der Waals surface area contributed by atoms with Crippen LogP contribution in [0, 0.1) is 0 Å². The van der Waals surface area contributed by atoms with E-state index in [-0.39, 0.29) is 5.91 Å². The summed E-state index contributed by atoms with van der Waals surface area (Å²) in [6, 6.07) is 17.4. The lowest BCUT2D eigenvalue weighted by molar-refractivity contribution is -0.120. The second-order valence-electron chi connectivity index (χ2n) is 5.35. The fourth-order valence-corrected chi connectivity index (χ4v) is 2.05. The second-order valence-corrected chi connectivity index (χ2v) is 5.35. The van der Waals surface area contributed by atoms with Gasteiger partial charge in [-0.15, -0.1) is 0 Å². The molecule has 2 aromatic carbocycles. The van der Waals surface area contributed by atoms with E-state index < -0.39 is 5.41 Å². The van der Waals surface area contributed by atoms with Crippen molar-refractivity contribution in [1.29, 1.82) is 0 Å². The van der Waals surface area contributed by atoms with Gasteiger partial charge in [-0.1, -0.05) is 42.5 Å². The molecule has 0 aromatic heterocycles. The molecule has 3 heteroatoms. The minimum absolute atomic E-state index is 0.0297. The molecule has 104 valence electrons.